The molecule has 0 fully saturated rings. The van der Waals surface area contributed by atoms with E-state index in [0.717, 1.165) is 17.3 Å². The molecule has 31 heavy (non-hydrogen) atoms. The number of rotatable bonds is 8. The zero-order valence-corrected chi connectivity index (χ0v) is 16.6. The van der Waals surface area contributed by atoms with Gasteiger partial charge in [0, 0.05) is 36.1 Å². The Hall–Kier alpha value is -4.05. The van der Waals surface area contributed by atoms with E-state index in [4.69, 9.17) is 25.1 Å². The molecule has 4 rings (SSSR count). The molecule has 2 aromatic carbocycles. The van der Waals surface area contributed by atoms with E-state index in [1.165, 1.54) is 19.5 Å². The normalized spacial score (nSPS) is 10.9. The van der Waals surface area contributed by atoms with Gasteiger partial charge in [0.25, 0.3) is 0 Å². The summed E-state index contributed by atoms with van der Waals surface area (Å²) in [5.74, 6) is -0.472. The van der Waals surface area contributed by atoms with Gasteiger partial charge in [-0.25, -0.2) is 14.1 Å². The van der Waals surface area contributed by atoms with Gasteiger partial charge in [-0.05, 0) is 18.2 Å². The highest BCUT2D eigenvalue weighted by Gasteiger charge is 2.18. The Kier molecular flexibility index (Phi) is 5.72. The van der Waals surface area contributed by atoms with Crippen molar-refractivity contribution >= 4 is 11.4 Å². The number of nitrogens with one attached hydrogen (secondary N) is 1. The van der Waals surface area contributed by atoms with E-state index in [0.29, 0.717) is 12.3 Å². The number of methoxy groups -OCH3 is 1. The zero-order valence-electron chi connectivity index (χ0n) is 16.6. The summed E-state index contributed by atoms with van der Waals surface area (Å²) in [5, 5.41) is 16.5. The third-order valence-electron chi connectivity index (χ3n) is 4.52. The number of aromatic nitrogens is 4. The van der Waals surface area contributed by atoms with Crippen LogP contribution >= 0.6 is 0 Å². The maximum Gasteiger partial charge on any atom is 0.185 e. The third kappa shape index (κ3) is 4.28. The summed E-state index contributed by atoms with van der Waals surface area (Å²) in [4.78, 5) is 3.92. The highest BCUT2D eigenvalue weighted by Crippen LogP contribution is 2.28. The smallest absolute Gasteiger partial charge is 0.185 e. The van der Waals surface area contributed by atoms with E-state index in [1.54, 1.807) is 17.1 Å². The first-order valence-electron chi connectivity index (χ1n) is 9.29. The van der Waals surface area contributed by atoms with E-state index < -0.39 is 5.82 Å². The molecule has 0 aliphatic carbocycles. The predicted octanol–water partition coefficient (Wildman–Crippen LogP) is 3.08. The summed E-state index contributed by atoms with van der Waals surface area (Å²) in [6, 6.07) is 11.5. The van der Waals surface area contributed by atoms with Crippen LogP contribution in [0.1, 0.15) is 11.3 Å². The predicted molar refractivity (Wildman–Crippen MR) is 111 cm³/mol. The summed E-state index contributed by atoms with van der Waals surface area (Å²) in [7, 11) is 1.52. The lowest BCUT2D eigenvalue weighted by atomic mass is 10.0. The molecule has 0 amide bonds. The van der Waals surface area contributed by atoms with Crippen molar-refractivity contribution in [3.63, 3.8) is 0 Å². The fraction of sp³-hybridized carbons (Fsp3) is 0.143. The molecule has 0 atom stereocenters. The fourth-order valence-electron chi connectivity index (χ4n) is 2.92. The summed E-state index contributed by atoms with van der Waals surface area (Å²) < 4.78 is 31.5. The Morgan fingerprint density at radius 3 is 2.71 bits per heavy atom. The van der Waals surface area contributed by atoms with Crippen molar-refractivity contribution in [2.75, 3.05) is 26.1 Å². The SMILES string of the molecule is COCCOc1cc(N)c(C(=N)c2cc(-c3ccc(-n4cncn4)cc3)no2)cc1F. The molecule has 2 heterocycles. The van der Waals surface area contributed by atoms with Crippen molar-refractivity contribution < 1.29 is 18.4 Å². The van der Waals surface area contributed by atoms with Gasteiger partial charge in [0.15, 0.2) is 17.3 Å². The molecule has 3 N–H and O–H groups in total. The minimum absolute atomic E-state index is 0.00293. The van der Waals surface area contributed by atoms with Crippen LogP contribution in [0.3, 0.4) is 0 Å². The van der Waals surface area contributed by atoms with Crippen molar-refractivity contribution in [3.05, 3.63) is 72.3 Å². The summed E-state index contributed by atoms with van der Waals surface area (Å²) >= 11 is 0. The van der Waals surface area contributed by atoms with Crippen molar-refractivity contribution in [3.8, 4) is 22.7 Å². The van der Waals surface area contributed by atoms with Gasteiger partial charge in [0.2, 0.25) is 0 Å². The number of nitrogen functional groups attached to an aromatic ring is 1. The van der Waals surface area contributed by atoms with Crippen molar-refractivity contribution in [2.24, 2.45) is 0 Å². The van der Waals surface area contributed by atoms with Crippen LogP contribution in [0.25, 0.3) is 16.9 Å². The Balaban J connectivity index is 1.53. The molecule has 0 unspecified atom stereocenters. The van der Waals surface area contributed by atoms with E-state index in [2.05, 4.69) is 15.2 Å². The first-order valence-corrected chi connectivity index (χ1v) is 9.29. The molecule has 10 heteroatoms. The van der Waals surface area contributed by atoms with Crippen LogP contribution in [0.5, 0.6) is 5.75 Å². The Labute approximate surface area is 176 Å². The fourth-order valence-corrected chi connectivity index (χ4v) is 2.92. The molecule has 0 aliphatic rings. The maximum atomic E-state index is 14.4. The van der Waals surface area contributed by atoms with Crippen LogP contribution in [0.15, 0.2) is 59.6 Å². The maximum absolute atomic E-state index is 14.4. The van der Waals surface area contributed by atoms with E-state index in [1.807, 2.05) is 24.3 Å². The van der Waals surface area contributed by atoms with Gasteiger partial charge >= 0.3 is 0 Å². The monoisotopic (exact) mass is 422 g/mol. The van der Waals surface area contributed by atoms with Crippen LogP contribution in [-0.2, 0) is 4.74 Å². The highest BCUT2D eigenvalue weighted by atomic mass is 19.1. The largest absolute Gasteiger partial charge is 0.488 e. The van der Waals surface area contributed by atoms with Gasteiger partial charge in [-0.15, -0.1) is 0 Å². The van der Waals surface area contributed by atoms with Crippen molar-refractivity contribution in [1.82, 2.24) is 19.9 Å². The quantitative estimate of drug-likeness (QED) is 0.254. The molecule has 0 aliphatic heterocycles. The average molecular weight is 422 g/mol. The highest BCUT2D eigenvalue weighted by molar-refractivity contribution is 6.12. The molecule has 4 aromatic rings. The molecule has 158 valence electrons. The van der Waals surface area contributed by atoms with Crippen LogP contribution in [0.2, 0.25) is 0 Å². The molecular formula is C21H19FN6O3. The minimum atomic E-state index is -0.631. The van der Waals surface area contributed by atoms with Crippen LogP contribution in [-0.4, -0.2) is 46.0 Å². The molecule has 2 aromatic heterocycles. The zero-order chi connectivity index (χ0) is 21.8. The van der Waals surface area contributed by atoms with Gasteiger partial charge in [0.1, 0.15) is 30.7 Å². The molecule has 0 bridgehead atoms. The van der Waals surface area contributed by atoms with Crippen molar-refractivity contribution in [1.29, 1.82) is 5.41 Å². The topological polar surface area (TPSA) is 125 Å². The Bertz CT molecular complexity index is 1190. The van der Waals surface area contributed by atoms with Gasteiger partial charge in [-0.3, -0.25) is 5.41 Å². The molecule has 0 radical (unpaired) electrons. The lowest BCUT2D eigenvalue weighted by Crippen LogP contribution is -2.09. The summed E-state index contributed by atoms with van der Waals surface area (Å²) in [6.07, 6.45) is 3.05. The minimum Gasteiger partial charge on any atom is -0.488 e. The standard InChI is InChI=1S/C21H19FN6O3/c1-29-6-7-30-19-9-17(23)15(8-16(19)22)21(24)20-10-18(27-31-20)13-2-4-14(5-3-13)28-12-25-11-26-28/h2-5,8-12,24H,6-7,23H2,1H3. The number of halogens is 1. The number of ether oxygens (including phenoxy) is 2. The first kappa shape index (κ1) is 20.2. The van der Waals surface area contributed by atoms with Gasteiger partial charge in [-0.1, -0.05) is 17.3 Å². The van der Waals surface area contributed by atoms with E-state index in [9.17, 15) is 4.39 Å². The van der Waals surface area contributed by atoms with Crippen LogP contribution in [0.4, 0.5) is 10.1 Å². The second-order valence-electron chi connectivity index (χ2n) is 6.55. The molecule has 0 saturated carbocycles. The van der Waals surface area contributed by atoms with Crippen molar-refractivity contribution in [2.45, 2.75) is 0 Å². The second kappa shape index (κ2) is 8.76. The lowest BCUT2D eigenvalue weighted by Gasteiger charge is -2.11. The lowest BCUT2D eigenvalue weighted by molar-refractivity contribution is 0.144. The summed E-state index contributed by atoms with van der Waals surface area (Å²) in [5.41, 5.74) is 8.46. The number of hydrogen-bond donors (Lipinski definition) is 2. The van der Waals surface area contributed by atoms with Gasteiger partial charge in [-0.2, -0.15) is 5.10 Å². The number of anilines is 1. The Morgan fingerprint density at radius 2 is 2.00 bits per heavy atom. The number of hydrogen-bond acceptors (Lipinski definition) is 8. The number of benzene rings is 2. The first-order chi connectivity index (χ1) is 15.1. The van der Waals surface area contributed by atoms with Gasteiger partial charge < -0.3 is 19.7 Å². The second-order valence-corrected chi connectivity index (χ2v) is 6.55. The van der Waals surface area contributed by atoms with E-state index >= 15 is 0 Å². The van der Waals surface area contributed by atoms with Crippen LogP contribution < -0.4 is 10.5 Å². The van der Waals surface area contributed by atoms with Crippen LogP contribution in [0, 0.1) is 11.2 Å². The molecule has 0 saturated heterocycles. The average Bonchev–Trinajstić information content (AvgIpc) is 3.48. The molecular weight excluding hydrogens is 403 g/mol. The van der Waals surface area contributed by atoms with E-state index in [-0.39, 0.29) is 35.1 Å². The molecule has 9 nitrogen and oxygen atoms in total. The Morgan fingerprint density at radius 1 is 1.19 bits per heavy atom. The number of nitrogens with two attached hydrogens (primary N) is 1. The number of nitrogens with zero attached hydrogens (tertiary/aromatic N) is 4. The van der Waals surface area contributed by atoms with Gasteiger partial charge in [0.05, 0.1) is 12.3 Å². The third-order valence-corrected chi connectivity index (χ3v) is 4.52. The summed E-state index contributed by atoms with van der Waals surface area (Å²) in [6.45, 7) is 0.502. The molecule has 0 spiro atoms.